The molecule has 1 amide bonds. The van der Waals surface area contributed by atoms with Crippen molar-refractivity contribution in [3.63, 3.8) is 0 Å². The number of carbonyl (C=O) groups excluding carboxylic acids is 1. The molecular weight excluding hydrogens is 354 g/mol. The zero-order chi connectivity index (χ0) is 18.9. The van der Waals surface area contributed by atoms with Crippen LogP contribution in [-0.2, 0) is 12.0 Å². The van der Waals surface area contributed by atoms with Gasteiger partial charge in [-0.05, 0) is 38.3 Å². The van der Waals surface area contributed by atoms with Crippen molar-refractivity contribution in [1.29, 1.82) is 5.41 Å². The molecule has 26 heavy (non-hydrogen) atoms. The van der Waals surface area contributed by atoms with E-state index in [-0.39, 0.29) is 18.3 Å². The lowest BCUT2D eigenvalue weighted by molar-refractivity contribution is 0.0576. The van der Waals surface area contributed by atoms with E-state index in [1.54, 1.807) is 32.3 Å². The van der Waals surface area contributed by atoms with Gasteiger partial charge in [0.05, 0.1) is 29.3 Å². The maximum Gasteiger partial charge on any atom is 0.259 e. The van der Waals surface area contributed by atoms with Crippen molar-refractivity contribution in [2.75, 3.05) is 0 Å². The summed E-state index contributed by atoms with van der Waals surface area (Å²) in [6.07, 6.45) is 7.23. The molecule has 1 aliphatic carbocycles. The van der Waals surface area contributed by atoms with E-state index in [4.69, 9.17) is 17.0 Å². The first-order valence-electron chi connectivity index (χ1n) is 8.47. The van der Waals surface area contributed by atoms with Crippen LogP contribution >= 0.6 is 11.6 Å². The molecule has 1 aliphatic rings. The molecule has 1 saturated carbocycles. The van der Waals surface area contributed by atoms with Crippen LogP contribution in [-0.4, -0.2) is 37.2 Å². The van der Waals surface area contributed by atoms with Crippen molar-refractivity contribution in [3.8, 4) is 0 Å². The normalized spacial score (nSPS) is 16.0. The molecule has 2 aromatic heterocycles. The molecule has 2 aromatic rings. The molecule has 8 heteroatoms. The van der Waals surface area contributed by atoms with Gasteiger partial charge in [0.2, 0.25) is 0 Å². The van der Waals surface area contributed by atoms with Crippen molar-refractivity contribution >= 4 is 23.3 Å². The average molecular weight is 376 g/mol. The molecule has 2 heterocycles. The molecule has 0 saturated heterocycles. The molecule has 0 atom stereocenters. The van der Waals surface area contributed by atoms with Gasteiger partial charge < -0.3 is 10.4 Å². The van der Waals surface area contributed by atoms with Gasteiger partial charge in [-0.2, -0.15) is 5.10 Å². The topological polar surface area (TPSA) is 104 Å². The van der Waals surface area contributed by atoms with Gasteiger partial charge >= 0.3 is 0 Å². The molecule has 0 spiro atoms. The summed E-state index contributed by atoms with van der Waals surface area (Å²) in [5, 5.41) is 25.5. The lowest BCUT2D eigenvalue weighted by Crippen LogP contribution is -2.50. The van der Waals surface area contributed by atoms with E-state index in [0.29, 0.717) is 10.7 Å². The number of nitrogens with zero attached hydrogens (tertiary/aromatic N) is 3. The highest BCUT2D eigenvalue weighted by Gasteiger charge is 2.44. The van der Waals surface area contributed by atoms with E-state index in [1.165, 1.54) is 10.9 Å². The minimum Gasteiger partial charge on any atom is -0.389 e. The predicted octanol–water partition coefficient (Wildman–Crippen LogP) is 2.53. The number of rotatable bonds is 5. The zero-order valence-corrected chi connectivity index (χ0v) is 15.5. The number of halogens is 1. The maximum absolute atomic E-state index is 12.5. The standard InChI is InChI=1S/C18H22ClN5O2/c1-17(2,26)11-24-10-12(8-22-24)15(25)23-16(20)18(6-3-7-18)13-4-5-14(19)21-9-13/h4-5,8-10,26H,3,6-7,11H2,1-2H3,(H2,20,23,25). The molecule has 0 bridgehead atoms. The van der Waals surface area contributed by atoms with E-state index in [2.05, 4.69) is 15.4 Å². The van der Waals surface area contributed by atoms with Gasteiger partial charge in [0.1, 0.15) is 11.0 Å². The Kier molecular flexibility index (Phi) is 4.86. The second-order valence-electron chi connectivity index (χ2n) is 7.37. The number of hydrogen-bond donors (Lipinski definition) is 3. The summed E-state index contributed by atoms with van der Waals surface area (Å²) in [5.74, 6) is -0.224. The molecule has 1 fully saturated rings. The summed E-state index contributed by atoms with van der Waals surface area (Å²) in [6.45, 7) is 3.62. The summed E-state index contributed by atoms with van der Waals surface area (Å²) in [7, 11) is 0. The van der Waals surface area contributed by atoms with Gasteiger partial charge in [0.25, 0.3) is 5.91 Å². The third kappa shape index (κ3) is 3.78. The quantitative estimate of drug-likeness (QED) is 0.424. The Morgan fingerprint density at radius 1 is 1.42 bits per heavy atom. The minimum absolute atomic E-state index is 0.160. The number of amidine groups is 1. The number of aromatic nitrogens is 3. The Labute approximate surface area is 156 Å². The average Bonchev–Trinajstić information content (AvgIpc) is 2.94. The Hall–Kier alpha value is -2.25. The molecule has 0 aliphatic heterocycles. The highest BCUT2D eigenvalue weighted by atomic mass is 35.5. The van der Waals surface area contributed by atoms with E-state index in [1.807, 2.05) is 6.07 Å². The highest BCUT2D eigenvalue weighted by molar-refractivity contribution is 6.29. The van der Waals surface area contributed by atoms with Crippen LogP contribution in [0.15, 0.2) is 30.7 Å². The fourth-order valence-corrected chi connectivity index (χ4v) is 3.25. The van der Waals surface area contributed by atoms with Gasteiger partial charge in [-0.3, -0.25) is 14.9 Å². The molecule has 3 rings (SSSR count). The number of aliphatic hydroxyl groups is 1. The second kappa shape index (κ2) is 6.81. The van der Waals surface area contributed by atoms with Gasteiger partial charge in [0, 0.05) is 12.4 Å². The number of pyridine rings is 1. The van der Waals surface area contributed by atoms with Crippen LogP contribution in [0.1, 0.15) is 49.0 Å². The van der Waals surface area contributed by atoms with Crippen LogP contribution < -0.4 is 5.32 Å². The van der Waals surface area contributed by atoms with Crippen molar-refractivity contribution in [2.24, 2.45) is 0 Å². The molecule has 0 unspecified atom stereocenters. The summed E-state index contributed by atoms with van der Waals surface area (Å²) < 4.78 is 1.51. The molecular formula is C18H22ClN5O2. The first-order chi connectivity index (χ1) is 12.2. The van der Waals surface area contributed by atoms with E-state index in [0.717, 1.165) is 24.8 Å². The zero-order valence-electron chi connectivity index (χ0n) is 14.8. The van der Waals surface area contributed by atoms with Crippen LogP contribution in [0.4, 0.5) is 0 Å². The lowest BCUT2D eigenvalue weighted by atomic mass is 9.64. The third-order valence-corrected chi connectivity index (χ3v) is 4.87. The lowest BCUT2D eigenvalue weighted by Gasteiger charge is -2.42. The molecule has 7 nitrogen and oxygen atoms in total. The van der Waals surface area contributed by atoms with Gasteiger partial charge in [0.15, 0.2) is 0 Å². The summed E-state index contributed by atoms with van der Waals surface area (Å²) >= 11 is 5.85. The molecule has 138 valence electrons. The smallest absolute Gasteiger partial charge is 0.259 e. The van der Waals surface area contributed by atoms with Crippen LogP contribution in [0.3, 0.4) is 0 Å². The fourth-order valence-electron chi connectivity index (χ4n) is 3.14. The fraction of sp³-hybridized carbons (Fsp3) is 0.444. The first kappa shape index (κ1) is 18.5. The largest absolute Gasteiger partial charge is 0.389 e. The second-order valence-corrected chi connectivity index (χ2v) is 7.76. The summed E-state index contributed by atoms with van der Waals surface area (Å²) in [4.78, 5) is 16.6. The Balaban J connectivity index is 1.72. The first-order valence-corrected chi connectivity index (χ1v) is 8.85. The summed E-state index contributed by atoms with van der Waals surface area (Å²) in [6, 6.07) is 3.56. The minimum atomic E-state index is -0.927. The van der Waals surface area contributed by atoms with Crippen molar-refractivity contribution < 1.29 is 9.90 Å². The van der Waals surface area contributed by atoms with Crippen LogP contribution in [0.2, 0.25) is 5.15 Å². The number of carbonyl (C=O) groups is 1. The van der Waals surface area contributed by atoms with Crippen molar-refractivity contribution in [2.45, 2.75) is 50.7 Å². The van der Waals surface area contributed by atoms with Gasteiger partial charge in [-0.15, -0.1) is 0 Å². The maximum atomic E-state index is 12.5. The van der Waals surface area contributed by atoms with E-state index < -0.39 is 11.0 Å². The van der Waals surface area contributed by atoms with Crippen LogP contribution in [0, 0.1) is 5.41 Å². The molecule has 3 N–H and O–H groups in total. The Morgan fingerprint density at radius 3 is 2.69 bits per heavy atom. The number of nitrogens with one attached hydrogen (secondary N) is 2. The predicted molar refractivity (Wildman–Crippen MR) is 98.5 cm³/mol. The van der Waals surface area contributed by atoms with Crippen LogP contribution in [0.5, 0.6) is 0 Å². The Bertz CT molecular complexity index is 819. The summed E-state index contributed by atoms with van der Waals surface area (Å²) in [5.41, 5.74) is -0.209. The molecule has 0 aromatic carbocycles. The number of hydrogen-bond acceptors (Lipinski definition) is 5. The Morgan fingerprint density at radius 2 is 2.15 bits per heavy atom. The monoisotopic (exact) mass is 375 g/mol. The van der Waals surface area contributed by atoms with Crippen molar-refractivity contribution in [1.82, 2.24) is 20.1 Å². The van der Waals surface area contributed by atoms with Crippen LogP contribution in [0.25, 0.3) is 0 Å². The van der Waals surface area contributed by atoms with E-state index >= 15 is 0 Å². The third-order valence-electron chi connectivity index (χ3n) is 4.65. The van der Waals surface area contributed by atoms with Gasteiger partial charge in [-0.1, -0.05) is 24.1 Å². The van der Waals surface area contributed by atoms with Gasteiger partial charge in [-0.25, -0.2) is 4.98 Å². The van der Waals surface area contributed by atoms with E-state index in [9.17, 15) is 9.90 Å². The highest BCUT2D eigenvalue weighted by Crippen LogP contribution is 2.44. The van der Waals surface area contributed by atoms with Crippen molar-refractivity contribution in [3.05, 3.63) is 47.0 Å². The SMILES string of the molecule is CC(C)(O)Cn1cc(C(=O)NC(=N)C2(c3ccc(Cl)nc3)CCC2)cn1. The number of amides is 1. The molecule has 0 radical (unpaired) electrons.